The third-order valence-electron chi connectivity index (χ3n) is 4.03. The third-order valence-corrected chi connectivity index (χ3v) is 4.03. The standard InChI is InChI=1S/C18H24N6O2/c1-5-25-14-8-7-12(9-15(14)26-6-2)11(3)21-18-22-16(19)13-10-20-24(4)17(13)23-18/h7-11H,5-6H2,1-4H3,(H3,19,21,22,23). The second-order valence-electron chi connectivity index (χ2n) is 5.88. The molecule has 0 radical (unpaired) electrons. The molecule has 0 bridgehead atoms. The number of hydrogen-bond donors (Lipinski definition) is 2. The van der Waals surface area contributed by atoms with Gasteiger partial charge in [-0.3, -0.25) is 4.68 Å². The average molecular weight is 356 g/mol. The lowest BCUT2D eigenvalue weighted by molar-refractivity contribution is 0.287. The number of nitrogens with two attached hydrogens (primary N) is 1. The minimum Gasteiger partial charge on any atom is -0.490 e. The van der Waals surface area contributed by atoms with E-state index in [-0.39, 0.29) is 6.04 Å². The normalized spacial score (nSPS) is 12.2. The van der Waals surface area contributed by atoms with Crippen LogP contribution in [0.5, 0.6) is 11.5 Å². The molecule has 0 saturated carbocycles. The lowest BCUT2D eigenvalue weighted by Crippen LogP contribution is -2.11. The van der Waals surface area contributed by atoms with Gasteiger partial charge in [0.1, 0.15) is 5.82 Å². The van der Waals surface area contributed by atoms with Gasteiger partial charge in [-0.25, -0.2) is 0 Å². The Bertz CT molecular complexity index is 908. The number of rotatable bonds is 7. The van der Waals surface area contributed by atoms with Crippen molar-refractivity contribution in [1.82, 2.24) is 19.7 Å². The number of anilines is 2. The van der Waals surface area contributed by atoms with Crippen LogP contribution in [0.4, 0.5) is 11.8 Å². The van der Waals surface area contributed by atoms with Crippen LogP contribution in [0.1, 0.15) is 32.4 Å². The van der Waals surface area contributed by atoms with Gasteiger partial charge in [-0.05, 0) is 38.5 Å². The maximum absolute atomic E-state index is 6.02. The molecule has 8 nitrogen and oxygen atoms in total. The van der Waals surface area contributed by atoms with Crippen molar-refractivity contribution >= 4 is 22.8 Å². The molecule has 0 amide bonds. The van der Waals surface area contributed by atoms with Crippen LogP contribution in [-0.2, 0) is 7.05 Å². The topological polar surface area (TPSA) is 100 Å². The first-order valence-corrected chi connectivity index (χ1v) is 8.64. The fourth-order valence-electron chi connectivity index (χ4n) is 2.72. The highest BCUT2D eigenvalue weighted by Crippen LogP contribution is 2.31. The van der Waals surface area contributed by atoms with Crippen LogP contribution in [0.3, 0.4) is 0 Å². The zero-order valence-corrected chi connectivity index (χ0v) is 15.5. The summed E-state index contributed by atoms with van der Waals surface area (Å²) in [5.41, 5.74) is 7.74. The molecule has 0 saturated heterocycles. The summed E-state index contributed by atoms with van der Waals surface area (Å²) in [5, 5.41) is 8.20. The molecule has 138 valence electrons. The molecular weight excluding hydrogens is 332 g/mol. The number of aryl methyl sites for hydroxylation is 1. The van der Waals surface area contributed by atoms with E-state index in [0.29, 0.717) is 30.6 Å². The predicted octanol–water partition coefficient (Wildman–Crippen LogP) is 2.92. The predicted molar refractivity (Wildman–Crippen MR) is 102 cm³/mol. The second kappa shape index (κ2) is 7.47. The van der Waals surface area contributed by atoms with Gasteiger partial charge in [-0.2, -0.15) is 15.1 Å². The first-order valence-electron chi connectivity index (χ1n) is 8.64. The van der Waals surface area contributed by atoms with Crippen molar-refractivity contribution in [2.24, 2.45) is 7.05 Å². The highest BCUT2D eigenvalue weighted by atomic mass is 16.5. The van der Waals surface area contributed by atoms with Crippen molar-refractivity contribution in [1.29, 1.82) is 0 Å². The van der Waals surface area contributed by atoms with Crippen molar-refractivity contribution in [2.45, 2.75) is 26.8 Å². The first kappa shape index (κ1) is 17.8. The van der Waals surface area contributed by atoms with E-state index in [9.17, 15) is 0 Å². The zero-order valence-electron chi connectivity index (χ0n) is 15.5. The minimum atomic E-state index is -0.0463. The average Bonchev–Trinajstić information content (AvgIpc) is 2.98. The number of nitrogens with one attached hydrogen (secondary N) is 1. The van der Waals surface area contributed by atoms with Gasteiger partial charge in [0, 0.05) is 7.05 Å². The Hall–Kier alpha value is -3.03. The minimum absolute atomic E-state index is 0.0463. The molecule has 0 aliphatic rings. The summed E-state index contributed by atoms with van der Waals surface area (Å²) >= 11 is 0. The molecule has 8 heteroatoms. The molecule has 2 aromatic heterocycles. The van der Waals surface area contributed by atoms with E-state index >= 15 is 0 Å². The summed E-state index contributed by atoms with van der Waals surface area (Å²) in [6.07, 6.45) is 1.67. The van der Waals surface area contributed by atoms with Crippen LogP contribution in [-0.4, -0.2) is 33.0 Å². The molecule has 2 heterocycles. The molecule has 3 rings (SSSR count). The van der Waals surface area contributed by atoms with Gasteiger partial charge in [0.25, 0.3) is 0 Å². The summed E-state index contributed by atoms with van der Waals surface area (Å²) in [4.78, 5) is 8.84. The van der Waals surface area contributed by atoms with Crippen molar-refractivity contribution in [3.63, 3.8) is 0 Å². The number of aromatic nitrogens is 4. The fraction of sp³-hybridized carbons (Fsp3) is 0.389. The van der Waals surface area contributed by atoms with Gasteiger partial charge >= 0.3 is 0 Å². The highest BCUT2D eigenvalue weighted by Gasteiger charge is 2.14. The number of benzene rings is 1. The molecule has 3 N–H and O–H groups in total. The summed E-state index contributed by atoms with van der Waals surface area (Å²) in [5.74, 6) is 2.32. The third kappa shape index (κ3) is 3.49. The number of nitrogen functional groups attached to an aromatic ring is 1. The van der Waals surface area contributed by atoms with Gasteiger partial charge in [-0.15, -0.1) is 0 Å². The van der Waals surface area contributed by atoms with E-state index in [0.717, 1.165) is 22.4 Å². The maximum atomic E-state index is 6.02. The van der Waals surface area contributed by atoms with Gasteiger partial charge in [-0.1, -0.05) is 6.07 Å². The SMILES string of the molecule is CCOc1ccc(C(C)Nc2nc(N)c3cnn(C)c3n2)cc1OCC. The van der Waals surface area contributed by atoms with E-state index < -0.39 is 0 Å². The van der Waals surface area contributed by atoms with Gasteiger partial charge in [0.2, 0.25) is 5.95 Å². The molecule has 3 aromatic rings. The smallest absolute Gasteiger partial charge is 0.227 e. The number of hydrogen-bond acceptors (Lipinski definition) is 7. The Morgan fingerprint density at radius 2 is 1.88 bits per heavy atom. The Balaban J connectivity index is 1.86. The summed E-state index contributed by atoms with van der Waals surface area (Å²) < 4.78 is 13.0. The molecule has 0 aliphatic heterocycles. The zero-order chi connectivity index (χ0) is 18.7. The molecule has 1 atom stereocenters. The molecule has 0 spiro atoms. The Labute approximate surface area is 152 Å². The number of nitrogens with zero attached hydrogens (tertiary/aromatic N) is 4. The van der Waals surface area contributed by atoms with E-state index in [1.807, 2.05) is 46.0 Å². The molecular formula is C18H24N6O2. The van der Waals surface area contributed by atoms with Gasteiger partial charge < -0.3 is 20.5 Å². The fourth-order valence-corrected chi connectivity index (χ4v) is 2.72. The van der Waals surface area contributed by atoms with Crippen LogP contribution in [0, 0.1) is 0 Å². The molecule has 1 aromatic carbocycles. The summed E-state index contributed by atoms with van der Waals surface area (Å²) in [6, 6.07) is 5.84. The first-order chi connectivity index (χ1) is 12.5. The lowest BCUT2D eigenvalue weighted by atomic mass is 10.1. The number of fused-ring (bicyclic) bond motifs is 1. The monoisotopic (exact) mass is 356 g/mol. The van der Waals surface area contributed by atoms with E-state index in [4.69, 9.17) is 15.2 Å². The summed E-state index contributed by atoms with van der Waals surface area (Å²) in [6.45, 7) is 7.08. The van der Waals surface area contributed by atoms with E-state index in [1.165, 1.54) is 0 Å². The quantitative estimate of drug-likeness (QED) is 0.671. The highest BCUT2D eigenvalue weighted by molar-refractivity contribution is 5.86. The Morgan fingerprint density at radius 3 is 2.62 bits per heavy atom. The van der Waals surface area contributed by atoms with Crippen LogP contribution >= 0.6 is 0 Å². The second-order valence-corrected chi connectivity index (χ2v) is 5.88. The molecule has 1 unspecified atom stereocenters. The molecule has 0 fully saturated rings. The Morgan fingerprint density at radius 1 is 1.15 bits per heavy atom. The largest absolute Gasteiger partial charge is 0.490 e. The van der Waals surface area contributed by atoms with Gasteiger partial charge in [0.15, 0.2) is 17.1 Å². The van der Waals surface area contributed by atoms with Crippen LogP contribution in [0.15, 0.2) is 24.4 Å². The van der Waals surface area contributed by atoms with E-state index in [2.05, 4.69) is 20.4 Å². The van der Waals surface area contributed by atoms with Crippen molar-refractivity contribution in [2.75, 3.05) is 24.3 Å². The van der Waals surface area contributed by atoms with Crippen molar-refractivity contribution in [3.8, 4) is 11.5 Å². The Kier molecular flexibility index (Phi) is 5.11. The van der Waals surface area contributed by atoms with E-state index in [1.54, 1.807) is 10.9 Å². The van der Waals surface area contributed by atoms with Crippen molar-refractivity contribution in [3.05, 3.63) is 30.0 Å². The lowest BCUT2D eigenvalue weighted by Gasteiger charge is -2.17. The molecule has 0 aliphatic carbocycles. The van der Waals surface area contributed by atoms with Gasteiger partial charge in [0.05, 0.1) is 30.8 Å². The maximum Gasteiger partial charge on any atom is 0.227 e. The molecule has 26 heavy (non-hydrogen) atoms. The van der Waals surface area contributed by atoms with Crippen LogP contribution < -0.4 is 20.5 Å². The number of ether oxygens (including phenoxy) is 2. The van der Waals surface area contributed by atoms with Crippen LogP contribution in [0.2, 0.25) is 0 Å². The van der Waals surface area contributed by atoms with Crippen molar-refractivity contribution < 1.29 is 9.47 Å². The summed E-state index contributed by atoms with van der Waals surface area (Å²) in [7, 11) is 1.82. The van der Waals surface area contributed by atoms with Crippen LogP contribution in [0.25, 0.3) is 11.0 Å².